The van der Waals surface area contributed by atoms with Gasteiger partial charge in [0.15, 0.2) is 0 Å². The minimum atomic E-state index is 0.108. The predicted molar refractivity (Wildman–Crippen MR) is 40.3 cm³/mol. The number of hydrogen-bond donors (Lipinski definition) is 2. The highest BCUT2D eigenvalue weighted by atomic mass is 16.3. The quantitative estimate of drug-likeness (QED) is 0.584. The maximum absolute atomic E-state index is 8.37. The van der Waals surface area contributed by atoms with Gasteiger partial charge in [-0.3, -0.25) is 4.99 Å². The van der Waals surface area contributed by atoms with Crippen molar-refractivity contribution in [3.8, 4) is 0 Å². The van der Waals surface area contributed by atoms with Gasteiger partial charge in [-0.1, -0.05) is 0 Å². The summed E-state index contributed by atoms with van der Waals surface area (Å²) in [5.41, 5.74) is 0.966. The molecule has 0 fully saturated rings. The van der Waals surface area contributed by atoms with E-state index in [1.807, 2.05) is 18.3 Å². The highest BCUT2D eigenvalue weighted by Gasteiger charge is 1.82. The van der Waals surface area contributed by atoms with E-state index in [9.17, 15) is 0 Å². The summed E-state index contributed by atoms with van der Waals surface area (Å²) in [7, 11) is 0. The van der Waals surface area contributed by atoms with Gasteiger partial charge in [-0.15, -0.1) is 0 Å². The zero-order valence-corrected chi connectivity index (χ0v) is 5.62. The van der Waals surface area contributed by atoms with Crippen LogP contribution in [0.25, 0.3) is 0 Å². The third-order valence-corrected chi connectivity index (χ3v) is 1.08. The molecular formula is C7H10N2O. The molecule has 0 atom stereocenters. The van der Waals surface area contributed by atoms with E-state index in [1.54, 1.807) is 6.21 Å². The minimum Gasteiger partial charge on any atom is -0.394 e. The number of aliphatic imine (C=N–C) groups is 1. The number of hydrogen-bond acceptors (Lipinski definition) is 2. The van der Waals surface area contributed by atoms with Crippen LogP contribution in [0.4, 0.5) is 0 Å². The fourth-order valence-electron chi connectivity index (χ4n) is 0.645. The molecule has 0 aliphatic heterocycles. The van der Waals surface area contributed by atoms with Crippen molar-refractivity contribution >= 4 is 6.21 Å². The summed E-state index contributed by atoms with van der Waals surface area (Å²) in [5, 5.41) is 8.37. The molecule has 2 N–H and O–H groups in total. The van der Waals surface area contributed by atoms with Gasteiger partial charge in [0.1, 0.15) is 0 Å². The van der Waals surface area contributed by atoms with Crippen molar-refractivity contribution < 1.29 is 5.11 Å². The number of H-pyrrole nitrogens is 1. The topological polar surface area (TPSA) is 48.4 Å². The summed E-state index contributed by atoms with van der Waals surface area (Å²) in [6, 6.07) is 3.82. The monoisotopic (exact) mass is 138 g/mol. The SMILES string of the molecule is OCCN=Cc1ccc[nH]1. The van der Waals surface area contributed by atoms with Gasteiger partial charge in [0, 0.05) is 12.4 Å². The lowest BCUT2D eigenvalue weighted by molar-refractivity contribution is 0.307. The smallest absolute Gasteiger partial charge is 0.0626 e. The van der Waals surface area contributed by atoms with Gasteiger partial charge in [0.2, 0.25) is 0 Å². The van der Waals surface area contributed by atoms with Gasteiger partial charge < -0.3 is 10.1 Å². The fourth-order valence-corrected chi connectivity index (χ4v) is 0.645. The molecule has 0 bridgehead atoms. The van der Waals surface area contributed by atoms with Gasteiger partial charge in [-0.05, 0) is 12.1 Å². The third-order valence-electron chi connectivity index (χ3n) is 1.08. The first-order chi connectivity index (χ1) is 4.93. The molecule has 10 heavy (non-hydrogen) atoms. The fraction of sp³-hybridized carbons (Fsp3) is 0.286. The number of nitrogens with zero attached hydrogens (tertiary/aromatic N) is 1. The molecular weight excluding hydrogens is 128 g/mol. The number of aromatic nitrogens is 1. The standard InChI is InChI=1S/C7H10N2O/c10-5-4-8-6-7-2-1-3-9-7/h1-3,6,9-10H,4-5H2. The Morgan fingerprint density at radius 2 is 2.60 bits per heavy atom. The van der Waals surface area contributed by atoms with Crippen LogP contribution in [0, 0.1) is 0 Å². The number of nitrogens with one attached hydrogen (secondary N) is 1. The zero-order chi connectivity index (χ0) is 7.23. The van der Waals surface area contributed by atoms with Crippen LogP contribution in [-0.4, -0.2) is 29.5 Å². The maximum atomic E-state index is 8.37. The van der Waals surface area contributed by atoms with Gasteiger partial charge >= 0.3 is 0 Å². The van der Waals surface area contributed by atoms with E-state index in [4.69, 9.17) is 5.11 Å². The van der Waals surface area contributed by atoms with Crippen LogP contribution >= 0.6 is 0 Å². The lowest BCUT2D eigenvalue weighted by atomic mass is 10.5. The van der Waals surface area contributed by atoms with Crippen molar-refractivity contribution in [2.24, 2.45) is 4.99 Å². The first-order valence-electron chi connectivity index (χ1n) is 3.17. The van der Waals surface area contributed by atoms with Crippen molar-refractivity contribution in [2.75, 3.05) is 13.2 Å². The number of aliphatic hydroxyl groups is 1. The molecule has 0 spiro atoms. The van der Waals surface area contributed by atoms with E-state index in [2.05, 4.69) is 9.98 Å². The molecule has 1 heterocycles. The molecule has 3 heteroatoms. The van der Waals surface area contributed by atoms with Crippen molar-refractivity contribution in [1.29, 1.82) is 0 Å². The Kier molecular flexibility index (Phi) is 2.70. The van der Waals surface area contributed by atoms with Gasteiger partial charge in [0.05, 0.1) is 18.8 Å². The third kappa shape index (κ3) is 2.03. The Labute approximate surface area is 59.4 Å². The lowest BCUT2D eigenvalue weighted by Gasteiger charge is -1.84. The highest BCUT2D eigenvalue weighted by Crippen LogP contribution is 1.88. The number of aromatic amines is 1. The molecule has 3 nitrogen and oxygen atoms in total. The van der Waals surface area contributed by atoms with E-state index in [0.29, 0.717) is 6.54 Å². The normalized spacial score (nSPS) is 10.9. The predicted octanol–water partition coefficient (Wildman–Crippen LogP) is 0.426. The van der Waals surface area contributed by atoms with E-state index in [-0.39, 0.29) is 6.61 Å². The van der Waals surface area contributed by atoms with Crippen molar-refractivity contribution in [2.45, 2.75) is 0 Å². The Balaban J connectivity index is 2.40. The Morgan fingerprint density at radius 3 is 3.20 bits per heavy atom. The highest BCUT2D eigenvalue weighted by molar-refractivity contribution is 5.76. The Bertz CT molecular complexity index is 191. The summed E-state index contributed by atoms with van der Waals surface area (Å²) < 4.78 is 0. The maximum Gasteiger partial charge on any atom is 0.0626 e. The summed E-state index contributed by atoms with van der Waals surface area (Å²) in [6.45, 7) is 0.580. The van der Waals surface area contributed by atoms with E-state index in [0.717, 1.165) is 5.69 Å². The molecule has 1 aromatic rings. The summed E-state index contributed by atoms with van der Waals surface area (Å²) in [5.74, 6) is 0. The zero-order valence-electron chi connectivity index (χ0n) is 5.62. The molecule has 0 radical (unpaired) electrons. The molecule has 1 rings (SSSR count). The minimum absolute atomic E-state index is 0.108. The van der Waals surface area contributed by atoms with E-state index < -0.39 is 0 Å². The second-order valence-corrected chi connectivity index (χ2v) is 1.88. The molecule has 0 unspecified atom stereocenters. The molecule has 0 saturated heterocycles. The van der Waals surface area contributed by atoms with Crippen LogP contribution in [0.15, 0.2) is 23.3 Å². The number of rotatable bonds is 3. The first-order valence-corrected chi connectivity index (χ1v) is 3.17. The molecule has 0 aliphatic carbocycles. The summed E-state index contributed by atoms with van der Waals surface area (Å²) in [6.07, 6.45) is 3.54. The molecule has 1 aromatic heterocycles. The van der Waals surface area contributed by atoms with E-state index >= 15 is 0 Å². The lowest BCUT2D eigenvalue weighted by Crippen LogP contribution is -1.88. The second-order valence-electron chi connectivity index (χ2n) is 1.88. The van der Waals surface area contributed by atoms with Gasteiger partial charge in [-0.25, -0.2) is 0 Å². The van der Waals surface area contributed by atoms with Crippen LogP contribution in [0.5, 0.6) is 0 Å². The van der Waals surface area contributed by atoms with Crippen LogP contribution in [-0.2, 0) is 0 Å². The summed E-state index contributed by atoms with van der Waals surface area (Å²) in [4.78, 5) is 6.89. The van der Waals surface area contributed by atoms with Crippen LogP contribution in [0.1, 0.15) is 5.69 Å². The van der Waals surface area contributed by atoms with Crippen LogP contribution in [0.2, 0.25) is 0 Å². The second kappa shape index (κ2) is 3.85. The van der Waals surface area contributed by atoms with Crippen LogP contribution < -0.4 is 0 Å². The van der Waals surface area contributed by atoms with Crippen molar-refractivity contribution in [3.63, 3.8) is 0 Å². The molecule has 0 aliphatic rings. The molecule has 54 valence electrons. The average molecular weight is 138 g/mol. The Hall–Kier alpha value is -1.09. The number of aliphatic hydroxyl groups excluding tert-OH is 1. The van der Waals surface area contributed by atoms with Crippen LogP contribution in [0.3, 0.4) is 0 Å². The largest absolute Gasteiger partial charge is 0.394 e. The summed E-state index contributed by atoms with van der Waals surface area (Å²) >= 11 is 0. The van der Waals surface area contributed by atoms with Gasteiger partial charge in [-0.2, -0.15) is 0 Å². The van der Waals surface area contributed by atoms with E-state index in [1.165, 1.54) is 0 Å². The molecule has 0 aromatic carbocycles. The first kappa shape index (κ1) is 7.02. The van der Waals surface area contributed by atoms with Crippen molar-refractivity contribution in [3.05, 3.63) is 24.0 Å². The molecule has 0 amide bonds. The Morgan fingerprint density at radius 1 is 1.70 bits per heavy atom. The average Bonchev–Trinajstić information content (AvgIpc) is 2.41. The van der Waals surface area contributed by atoms with Gasteiger partial charge in [0.25, 0.3) is 0 Å². The van der Waals surface area contributed by atoms with Crippen molar-refractivity contribution in [1.82, 2.24) is 4.98 Å². The molecule has 0 saturated carbocycles.